The SMILES string of the molecule is COc1ccncc1C(SC)C(O)C1CCCCN1C(=O)Cc1ccc(OC(F)F)cc1. The summed E-state index contributed by atoms with van der Waals surface area (Å²) in [6, 6.07) is 7.49. The number of rotatable bonds is 9. The zero-order valence-electron chi connectivity index (χ0n) is 18.1. The molecule has 32 heavy (non-hydrogen) atoms. The number of nitrogens with zero attached hydrogens (tertiary/aromatic N) is 2. The lowest BCUT2D eigenvalue weighted by atomic mass is 9.92. The molecule has 1 saturated heterocycles. The van der Waals surface area contributed by atoms with Crippen LogP contribution in [0.15, 0.2) is 42.7 Å². The largest absolute Gasteiger partial charge is 0.496 e. The van der Waals surface area contributed by atoms with Crippen LogP contribution in [0.1, 0.15) is 35.6 Å². The summed E-state index contributed by atoms with van der Waals surface area (Å²) in [5.41, 5.74) is 1.49. The van der Waals surface area contributed by atoms with Gasteiger partial charge in [0.2, 0.25) is 5.91 Å². The van der Waals surface area contributed by atoms with Gasteiger partial charge in [-0.05, 0) is 49.3 Å². The number of thioether (sulfide) groups is 1. The number of methoxy groups -OCH3 is 1. The Labute approximate surface area is 190 Å². The lowest BCUT2D eigenvalue weighted by Crippen LogP contribution is -2.51. The first-order chi connectivity index (χ1) is 15.4. The van der Waals surface area contributed by atoms with Crippen LogP contribution >= 0.6 is 11.8 Å². The molecular formula is C23H28F2N2O4S. The van der Waals surface area contributed by atoms with Crippen molar-refractivity contribution in [2.45, 2.75) is 49.7 Å². The van der Waals surface area contributed by atoms with Gasteiger partial charge in [-0.1, -0.05) is 12.1 Å². The number of hydrogen-bond acceptors (Lipinski definition) is 6. The van der Waals surface area contributed by atoms with E-state index in [1.807, 2.05) is 6.26 Å². The molecule has 0 spiro atoms. The Hall–Kier alpha value is -2.39. The highest BCUT2D eigenvalue weighted by Gasteiger charge is 2.37. The van der Waals surface area contributed by atoms with Gasteiger partial charge in [0.15, 0.2) is 0 Å². The summed E-state index contributed by atoms with van der Waals surface area (Å²) in [6.07, 6.45) is 7.08. The maximum Gasteiger partial charge on any atom is 0.387 e. The quantitative estimate of drug-likeness (QED) is 0.601. The minimum Gasteiger partial charge on any atom is -0.496 e. The molecule has 0 bridgehead atoms. The third-order valence-corrected chi connectivity index (χ3v) is 6.71. The molecule has 1 aromatic heterocycles. The number of carbonyl (C=O) groups is 1. The molecule has 1 amide bonds. The molecule has 1 aromatic carbocycles. The van der Waals surface area contributed by atoms with Crippen molar-refractivity contribution >= 4 is 17.7 Å². The van der Waals surface area contributed by atoms with Crippen molar-refractivity contribution in [3.63, 3.8) is 0 Å². The van der Waals surface area contributed by atoms with Crippen molar-refractivity contribution in [1.29, 1.82) is 0 Å². The van der Waals surface area contributed by atoms with Crippen LogP contribution in [0.25, 0.3) is 0 Å². The molecule has 0 radical (unpaired) electrons. The van der Waals surface area contributed by atoms with Gasteiger partial charge in [-0.3, -0.25) is 9.78 Å². The highest BCUT2D eigenvalue weighted by molar-refractivity contribution is 7.98. The molecule has 2 heterocycles. The van der Waals surface area contributed by atoms with E-state index in [2.05, 4.69) is 9.72 Å². The van der Waals surface area contributed by atoms with Crippen LogP contribution in [0.5, 0.6) is 11.5 Å². The molecule has 174 valence electrons. The maximum atomic E-state index is 13.1. The summed E-state index contributed by atoms with van der Waals surface area (Å²) in [7, 11) is 1.58. The van der Waals surface area contributed by atoms with E-state index in [-0.39, 0.29) is 29.4 Å². The van der Waals surface area contributed by atoms with Gasteiger partial charge in [-0.25, -0.2) is 0 Å². The Morgan fingerprint density at radius 3 is 2.69 bits per heavy atom. The smallest absolute Gasteiger partial charge is 0.387 e. The first-order valence-corrected chi connectivity index (χ1v) is 11.7. The Bertz CT molecular complexity index is 885. The number of aliphatic hydroxyl groups excluding tert-OH is 1. The number of halogens is 2. The summed E-state index contributed by atoms with van der Waals surface area (Å²) in [5, 5.41) is 11.0. The molecule has 1 aliphatic rings. The third kappa shape index (κ3) is 5.89. The number of aromatic nitrogens is 1. The van der Waals surface area contributed by atoms with Gasteiger partial charge in [0.1, 0.15) is 11.5 Å². The van der Waals surface area contributed by atoms with Gasteiger partial charge in [-0.2, -0.15) is 20.5 Å². The highest BCUT2D eigenvalue weighted by Crippen LogP contribution is 2.39. The van der Waals surface area contributed by atoms with Crippen LogP contribution in [0.3, 0.4) is 0 Å². The molecule has 0 saturated carbocycles. The second kappa shape index (κ2) is 11.5. The number of carbonyl (C=O) groups excluding carboxylic acids is 1. The maximum absolute atomic E-state index is 13.1. The lowest BCUT2D eigenvalue weighted by Gasteiger charge is -2.41. The molecule has 2 aromatic rings. The molecule has 1 N–H and O–H groups in total. The summed E-state index contributed by atoms with van der Waals surface area (Å²) >= 11 is 1.50. The van der Waals surface area contributed by atoms with Crippen LogP contribution in [0, 0.1) is 0 Å². The zero-order chi connectivity index (χ0) is 23.1. The number of piperidine rings is 1. The summed E-state index contributed by atoms with van der Waals surface area (Å²) in [6.45, 7) is -2.32. The summed E-state index contributed by atoms with van der Waals surface area (Å²) in [5.74, 6) is 0.600. The second-order valence-corrected chi connectivity index (χ2v) is 8.59. The molecule has 0 aliphatic carbocycles. The second-order valence-electron chi connectivity index (χ2n) is 7.61. The van der Waals surface area contributed by atoms with Gasteiger partial charge in [0.05, 0.1) is 30.9 Å². The minimum absolute atomic E-state index is 0.0516. The van der Waals surface area contributed by atoms with Crippen molar-refractivity contribution in [3.8, 4) is 11.5 Å². The number of hydrogen-bond donors (Lipinski definition) is 1. The topological polar surface area (TPSA) is 71.9 Å². The number of ether oxygens (including phenoxy) is 2. The minimum atomic E-state index is -2.89. The van der Waals surface area contributed by atoms with E-state index in [0.717, 1.165) is 18.4 Å². The van der Waals surface area contributed by atoms with E-state index in [4.69, 9.17) is 4.74 Å². The fourth-order valence-corrected chi connectivity index (χ4v) is 5.02. The predicted octanol–water partition coefficient (Wildman–Crippen LogP) is 4.08. The lowest BCUT2D eigenvalue weighted by molar-refractivity contribution is -0.137. The number of pyridine rings is 1. The van der Waals surface area contributed by atoms with E-state index in [0.29, 0.717) is 24.3 Å². The fourth-order valence-electron chi connectivity index (χ4n) is 4.13. The summed E-state index contributed by atoms with van der Waals surface area (Å²) in [4.78, 5) is 19.1. The molecule has 1 aliphatic heterocycles. The molecule has 3 unspecified atom stereocenters. The summed E-state index contributed by atoms with van der Waals surface area (Å²) < 4.78 is 34.5. The van der Waals surface area contributed by atoms with E-state index >= 15 is 0 Å². The van der Waals surface area contributed by atoms with Gasteiger partial charge >= 0.3 is 6.61 Å². The Morgan fingerprint density at radius 2 is 2.03 bits per heavy atom. The van der Waals surface area contributed by atoms with Crippen molar-refractivity contribution in [3.05, 3.63) is 53.9 Å². The fraction of sp³-hybridized carbons (Fsp3) is 0.478. The van der Waals surface area contributed by atoms with Crippen molar-refractivity contribution in [2.24, 2.45) is 0 Å². The van der Waals surface area contributed by atoms with Crippen LogP contribution in [0.2, 0.25) is 0 Å². The van der Waals surface area contributed by atoms with Crippen molar-refractivity contribution in [1.82, 2.24) is 9.88 Å². The molecular weight excluding hydrogens is 438 g/mol. The van der Waals surface area contributed by atoms with Crippen LogP contribution in [-0.4, -0.2) is 59.6 Å². The molecule has 3 rings (SSSR count). The van der Waals surface area contributed by atoms with Crippen molar-refractivity contribution < 1.29 is 28.2 Å². The van der Waals surface area contributed by atoms with Gasteiger partial charge < -0.3 is 19.5 Å². The van der Waals surface area contributed by atoms with Crippen LogP contribution in [-0.2, 0) is 11.2 Å². The Balaban J connectivity index is 1.74. The van der Waals surface area contributed by atoms with E-state index in [1.54, 1.807) is 42.6 Å². The molecule has 1 fully saturated rings. The van der Waals surface area contributed by atoms with Crippen LogP contribution in [0.4, 0.5) is 8.78 Å². The molecule has 6 nitrogen and oxygen atoms in total. The average molecular weight is 467 g/mol. The number of benzene rings is 1. The molecule has 9 heteroatoms. The first kappa shape index (κ1) is 24.3. The van der Waals surface area contributed by atoms with E-state index < -0.39 is 12.7 Å². The molecule has 3 atom stereocenters. The van der Waals surface area contributed by atoms with E-state index in [1.165, 1.54) is 23.9 Å². The monoisotopic (exact) mass is 466 g/mol. The highest BCUT2D eigenvalue weighted by atomic mass is 32.2. The number of amides is 1. The average Bonchev–Trinajstić information content (AvgIpc) is 2.80. The van der Waals surface area contributed by atoms with Crippen molar-refractivity contribution in [2.75, 3.05) is 19.9 Å². The normalized spacial score (nSPS) is 18.3. The number of alkyl halides is 2. The standard InChI is InChI=1S/C23H28F2N2O4S/c1-30-19-10-11-26-14-17(19)22(32-2)21(29)18-5-3-4-12-27(18)20(28)13-15-6-8-16(9-7-15)31-23(24)25/h6-11,14,18,21-23,29H,3-5,12-13H2,1-2H3. The Kier molecular flexibility index (Phi) is 8.69. The third-order valence-electron chi connectivity index (χ3n) is 5.67. The predicted molar refractivity (Wildman–Crippen MR) is 119 cm³/mol. The van der Waals surface area contributed by atoms with Gasteiger partial charge in [-0.15, -0.1) is 0 Å². The first-order valence-electron chi connectivity index (χ1n) is 10.5. The number of aliphatic hydroxyl groups is 1. The van der Waals surface area contributed by atoms with Gasteiger partial charge in [0.25, 0.3) is 0 Å². The van der Waals surface area contributed by atoms with E-state index in [9.17, 15) is 18.7 Å². The number of likely N-dealkylation sites (tertiary alicyclic amines) is 1. The van der Waals surface area contributed by atoms with Crippen LogP contribution < -0.4 is 9.47 Å². The Morgan fingerprint density at radius 1 is 1.28 bits per heavy atom. The zero-order valence-corrected chi connectivity index (χ0v) is 18.9. The van der Waals surface area contributed by atoms with Gasteiger partial charge in [0, 0.05) is 24.5 Å².